The number of ether oxygens (including phenoxy) is 1. The van der Waals surface area contributed by atoms with Crippen molar-refractivity contribution in [3.8, 4) is 0 Å². The van der Waals surface area contributed by atoms with Crippen LogP contribution in [0.25, 0.3) is 0 Å². The second-order valence-corrected chi connectivity index (χ2v) is 1.76. The smallest absolute Gasteiger partial charge is 0.333 e. The SMILES string of the molecule is NCOC(CC(=O)O)C(=O)O. The van der Waals surface area contributed by atoms with Crippen molar-refractivity contribution in [2.75, 3.05) is 6.73 Å². The van der Waals surface area contributed by atoms with Crippen molar-refractivity contribution in [1.82, 2.24) is 0 Å². The van der Waals surface area contributed by atoms with Gasteiger partial charge in [0.1, 0.15) is 0 Å². The maximum atomic E-state index is 10.2. The van der Waals surface area contributed by atoms with Gasteiger partial charge in [-0.15, -0.1) is 0 Å². The standard InChI is InChI=1S/C5H9NO5/c6-2-11-3(5(9)10)1-4(7)8/h3H,1-2,6H2,(H,7,8)(H,9,10). The van der Waals surface area contributed by atoms with Crippen molar-refractivity contribution >= 4 is 11.9 Å². The minimum atomic E-state index is -1.35. The van der Waals surface area contributed by atoms with Crippen LogP contribution >= 0.6 is 0 Å². The van der Waals surface area contributed by atoms with Gasteiger partial charge in [-0.1, -0.05) is 0 Å². The Labute approximate surface area is 62.6 Å². The highest BCUT2D eigenvalue weighted by Crippen LogP contribution is 1.97. The number of hydrogen-bond donors (Lipinski definition) is 3. The predicted octanol–water partition coefficient (Wildman–Crippen LogP) is -1.15. The van der Waals surface area contributed by atoms with E-state index in [1.54, 1.807) is 0 Å². The minimum Gasteiger partial charge on any atom is -0.481 e. The molecule has 0 aromatic rings. The van der Waals surface area contributed by atoms with Gasteiger partial charge in [-0.3, -0.25) is 4.79 Å². The van der Waals surface area contributed by atoms with Gasteiger partial charge in [-0.05, 0) is 0 Å². The van der Waals surface area contributed by atoms with Crippen molar-refractivity contribution in [1.29, 1.82) is 0 Å². The Hall–Kier alpha value is -1.14. The van der Waals surface area contributed by atoms with Crippen LogP contribution in [-0.2, 0) is 14.3 Å². The molecule has 1 unspecified atom stereocenters. The van der Waals surface area contributed by atoms with E-state index >= 15 is 0 Å². The number of rotatable bonds is 5. The molecule has 0 heterocycles. The van der Waals surface area contributed by atoms with Crippen LogP contribution in [0, 0.1) is 0 Å². The second kappa shape index (κ2) is 4.64. The highest BCUT2D eigenvalue weighted by Gasteiger charge is 2.20. The topological polar surface area (TPSA) is 110 Å². The van der Waals surface area contributed by atoms with Gasteiger partial charge >= 0.3 is 11.9 Å². The summed E-state index contributed by atoms with van der Waals surface area (Å²) in [6.07, 6.45) is -1.93. The zero-order valence-electron chi connectivity index (χ0n) is 5.69. The highest BCUT2D eigenvalue weighted by molar-refractivity contribution is 5.79. The van der Waals surface area contributed by atoms with E-state index < -0.39 is 24.5 Å². The van der Waals surface area contributed by atoms with Crippen molar-refractivity contribution in [3.05, 3.63) is 0 Å². The Balaban J connectivity index is 3.89. The molecule has 0 spiro atoms. The third-order valence-electron chi connectivity index (χ3n) is 0.933. The molecule has 0 aliphatic rings. The van der Waals surface area contributed by atoms with E-state index in [-0.39, 0.29) is 6.73 Å². The number of aliphatic carboxylic acids is 2. The van der Waals surface area contributed by atoms with Crippen LogP contribution in [0.5, 0.6) is 0 Å². The van der Waals surface area contributed by atoms with Crippen molar-refractivity contribution < 1.29 is 24.5 Å². The summed E-state index contributed by atoms with van der Waals surface area (Å²) < 4.78 is 4.41. The van der Waals surface area contributed by atoms with Crippen LogP contribution in [0.2, 0.25) is 0 Å². The maximum Gasteiger partial charge on any atom is 0.333 e. The first-order valence-electron chi connectivity index (χ1n) is 2.84. The first-order chi connectivity index (χ1) is 5.07. The van der Waals surface area contributed by atoms with Gasteiger partial charge < -0.3 is 20.7 Å². The number of hydrogen-bond acceptors (Lipinski definition) is 4. The molecule has 0 aliphatic carbocycles. The van der Waals surface area contributed by atoms with Gasteiger partial charge in [0.05, 0.1) is 13.2 Å². The lowest BCUT2D eigenvalue weighted by Gasteiger charge is -2.08. The lowest BCUT2D eigenvalue weighted by molar-refractivity contribution is -0.156. The number of carboxylic acids is 2. The van der Waals surface area contributed by atoms with E-state index in [9.17, 15) is 9.59 Å². The monoisotopic (exact) mass is 163 g/mol. The molecular formula is C5H9NO5. The molecule has 4 N–H and O–H groups in total. The van der Waals surface area contributed by atoms with Crippen molar-refractivity contribution in [2.45, 2.75) is 12.5 Å². The lowest BCUT2D eigenvalue weighted by atomic mass is 10.2. The van der Waals surface area contributed by atoms with Gasteiger partial charge in [0.25, 0.3) is 0 Å². The van der Waals surface area contributed by atoms with Crippen LogP contribution in [0.15, 0.2) is 0 Å². The highest BCUT2D eigenvalue weighted by atomic mass is 16.5. The Kier molecular flexibility index (Phi) is 4.16. The van der Waals surface area contributed by atoms with Crippen molar-refractivity contribution in [2.24, 2.45) is 5.73 Å². The minimum absolute atomic E-state index is 0.301. The Morgan fingerprint density at radius 2 is 2.00 bits per heavy atom. The molecule has 0 fully saturated rings. The molecule has 64 valence electrons. The van der Waals surface area contributed by atoms with Crippen molar-refractivity contribution in [3.63, 3.8) is 0 Å². The molecule has 6 heteroatoms. The number of nitrogens with two attached hydrogens (primary N) is 1. The first kappa shape index (κ1) is 9.86. The van der Waals surface area contributed by atoms with E-state index in [0.29, 0.717) is 0 Å². The van der Waals surface area contributed by atoms with Gasteiger partial charge in [0, 0.05) is 0 Å². The molecule has 0 radical (unpaired) electrons. The summed E-state index contributed by atoms with van der Waals surface area (Å²) in [5, 5.41) is 16.5. The molecule has 0 amide bonds. The summed E-state index contributed by atoms with van der Waals surface area (Å²) >= 11 is 0. The van der Waals surface area contributed by atoms with E-state index in [1.165, 1.54) is 0 Å². The number of carbonyl (C=O) groups is 2. The third-order valence-corrected chi connectivity index (χ3v) is 0.933. The first-order valence-corrected chi connectivity index (χ1v) is 2.84. The maximum absolute atomic E-state index is 10.2. The van der Waals surface area contributed by atoms with E-state index in [1.807, 2.05) is 0 Å². The normalized spacial score (nSPS) is 12.5. The molecule has 0 rings (SSSR count). The molecule has 0 bridgehead atoms. The molecule has 6 nitrogen and oxygen atoms in total. The predicted molar refractivity (Wildman–Crippen MR) is 33.8 cm³/mol. The summed E-state index contributed by atoms with van der Waals surface area (Å²) in [6, 6.07) is 0. The Morgan fingerprint density at radius 1 is 1.45 bits per heavy atom. The fraction of sp³-hybridized carbons (Fsp3) is 0.600. The van der Waals surface area contributed by atoms with Crippen LogP contribution < -0.4 is 5.73 Å². The van der Waals surface area contributed by atoms with Crippen LogP contribution in [0.3, 0.4) is 0 Å². The average molecular weight is 163 g/mol. The second-order valence-electron chi connectivity index (χ2n) is 1.76. The van der Waals surface area contributed by atoms with Crippen LogP contribution in [-0.4, -0.2) is 35.0 Å². The summed E-state index contributed by atoms with van der Waals surface area (Å²) in [5.74, 6) is -2.55. The van der Waals surface area contributed by atoms with E-state index in [4.69, 9.17) is 15.9 Å². The lowest BCUT2D eigenvalue weighted by Crippen LogP contribution is -2.29. The van der Waals surface area contributed by atoms with Gasteiger partial charge in [0.15, 0.2) is 6.10 Å². The molecule has 0 aromatic heterocycles. The molecule has 0 aromatic carbocycles. The fourth-order valence-corrected chi connectivity index (χ4v) is 0.492. The molecule has 1 atom stereocenters. The zero-order chi connectivity index (χ0) is 8.85. The van der Waals surface area contributed by atoms with Gasteiger partial charge in [0.2, 0.25) is 0 Å². The molecule has 0 aliphatic heterocycles. The van der Waals surface area contributed by atoms with E-state index in [0.717, 1.165) is 0 Å². The summed E-state index contributed by atoms with van der Waals surface area (Å²) in [6.45, 7) is -0.301. The fourth-order valence-electron chi connectivity index (χ4n) is 0.492. The molecular weight excluding hydrogens is 154 g/mol. The van der Waals surface area contributed by atoms with E-state index in [2.05, 4.69) is 4.74 Å². The average Bonchev–Trinajstić information content (AvgIpc) is 1.86. The van der Waals surface area contributed by atoms with Crippen LogP contribution in [0.1, 0.15) is 6.42 Å². The third kappa shape index (κ3) is 4.29. The largest absolute Gasteiger partial charge is 0.481 e. The van der Waals surface area contributed by atoms with Gasteiger partial charge in [-0.2, -0.15) is 0 Å². The zero-order valence-corrected chi connectivity index (χ0v) is 5.69. The molecule has 0 saturated carbocycles. The number of carboxylic acid groups (broad SMARTS) is 2. The molecule has 11 heavy (non-hydrogen) atoms. The summed E-state index contributed by atoms with van der Waals surface area (Å²) in [5.41, 5.74) is 4.86. The summed E-state index contributed by atoms with van der Waals surface area (Å²) in [4.78, 5) is 20.2. The molecule has 0 saturated heterocycles. The Bertz CT molecular complexity index is 157. The van der Waals surface area contributed by atoms with Gasteiger partial charge in [-0.25, -0.2) is 4.79 Å². The van der Waals surface area contributed by atoms with Crippen LogP contribution in [0.4, 0.5) is 0 Å². The quantitative estimate of drug-likeness (QED) is 0.441. The Morgan fingerprint density at radius 3 is 2.27 bits per heavy atom. The summed E-state index contributed by atoms with van der Waals surface area (Å²) in [7, 11) is 0.